The molecule has 2 rings (SSSR count). The van der Waals surface area contributed by atoms with Gasteiger partial charge in [0, 0.05) is 24.3 Å². The Kier molecular flexibility index (Phi) is 3.18. The normalized spacial score (nSPS) is 10.3. The smallest absolute Gasteiger partial charge is 0.131 e. The van der Waals surface area contributed by atoms with Crippen LogP contribution in [0.25, 0.3) is 0 Å². The maximum Gasteiger partial charge on any atom is 0.131 e. The lowest BCUT2D eigenvalue weighted by molar-refractivity contribution is 0.893. The highest BCUT2D eigenvalue weighted by atomic mass is 35.5. The van der Waals surface area contributed by atoms with E-state index in [-0.39, 0.29) is 0 Å². The molecule has 0 amide bonds. The zero-order valence-electron chi connectivity index (χ0n) is 8.22. The van der Waals surface area contributed by atoms with Crippen LogP contribution in [0.4, 0.5) is 5.69 Å². The fraction of sp³-hybridized carbons (Fsp3) is 0.200. The van der Waals surface area contributed by atoms with Gasteiger partial charge in [0.15, 0.2) is 0 Å². The van der Waals surface area contributed by atoms with Crippen molar-refractivity contribution in [1.82, 2.24) is 9.97 Å². The van der Waals surface area contributed by atoms with E-state index in [4.69, 9.17) is 11.6 Å². The molecule has 2 aromatic rings. The van der Waals surface area contributed by atoms with Crippen LogP contribution in [0, 0.1) is 0 Å². The Labute approximate surface area is 97.4 Å². The summed E-state index contributed by atoms with van der Waals surface area (Å²) in [5, 5.41) is 2.55. The monoisotopic (exact) mass is 239 g/mol. The SMILES string of the molecule is CN(Cc1cscn1)c1ccnc(Cl)c1. The lowest BCUT2D eigenvalue weighted by atomic mass is 10.3. The van der Waals surface area contributed by atoms with Crippen molar-refractivity contribution < 1.29 is 0 Å². The van der Waals surface area contributed by atoms with Crippen molar-refractivity contribution in [1.29, 1.82) is 0 Å². The lowest BCUT2D eigenvalue weighted by Gasteiger charge is -2.17. The van der Waals surface area contributed by atoms with Crippen LogP contribution < -0.4 is 4.90 Å². The van der Waals surface area contributed by atoms with Gasteiger partial charge in [0.1, 0.15) is 5.15 Å². The van der Waals surface area contributed by atoms with Crippen LogP contribution in [-0.4, -0.2) is 17.0 Å². The Morgan fingerprint density at radius 1 is 1.47 bits per heavy atom. The third kappa shape index (κ3) is 2.67. The fourth-order valence-corrected chi connectivity index (χ4v) is 2.00. The Hall–Kier alpha value is -1.13. The average molecular weight is 240 g/mol. The predicted molar refractivity (Wildman–Crippen MR) is 63.5 cm³/mol. The number of rotatable bonds is 3. The van der Waals surface area contributed by atoms with E-state index in [9.17, 15) is 0 Å². The summed E-state index contributed by atoms with van der Waals surface area (Å²) in [5.41, 5.74) is 3.95. The van der Waals surface area contributed by atoms with E-state index in [0.29, 0.717) is 5.15 Å². The summed E-state index contributed by atoms with van der Waals surface area (Å²) in [5.74, 6) is 0. The number of thiazole rings is 1. The average Bonchev–Trinajstić information content (AvgIpc) is 2.70. The molecule has 5 heteroatoms. The van der Waals surface area contributed by atoms with E-state index in [1.807, 2.05) is 30.1 Å². The summed E-state index contributed by atoms with van der Waals surface area (Å²) in [7, 11) is 2.00. The van der Waals surface area contributed by atoms with Crippen LogP contribution in [0.2, 0.25) is 5.15 Å². The molecule has 0 aliphatic heterocycles. The minimum Gasteiger partial charge on any atom is -0.369 e. The molecule has 0 aliphatic carbocycles. The largest absolute Gasteiger partial charge is 0.369 e. The summed E-state index contributed by atoms with van der Waals surface area (Å²) in [6.45, 7) is 0.782. The Morgan fingerprint density at radius 3 is 3.00 bits per heavy atom. The molecule has 0 unspecified atom stereocenters. The topological polar surface area (TPSA) is 29.0 Å². The number of hydrogen-bond donors (Lipinski definition) is 0. The molecule has 2 heterocycles. The quantitative estimate of drug-likeness (QED) is 0.772. The van der Waals surface area contributed by atoms with Crippen molar-refractivity contribution in [3.63, 3.8) is 0 Å². The summed E-state index contributed by atoms with van der Waals surface area (Å²) in [6.07, 6.45) is 1.70. The van der Waals surface area contributed by atoms with Gasteiger partial charge < -0.3 is 4.90 Å². The molecular weight excluding hydrogens is 230 g/mol. The van der Waals surface area contributed by atoms with E-state index in [1.165, 1.54) is 0 Å². The van der Waals surface area contributed by atoms with Gasteiger partial charge in [-0.2, -0.15) is 0 Å². The highest BCUT2D eigenvalue weighted by molar-refractivity contribution is 7.07. The Balaban J connectivity index is 2.11. The zero-order chi connectivity index (χ0) is 10.7. The molecule has 0 aromatic carbocycles. The number of halogens is 1. The van der Waals surface area contributed by atoms with Crippen molar-refractivity contribution in [2.45, 2.75) is 6.54 Å². The van der Waals surface area contributed by atoms with Crippen LogP contribution in [0.15, 0.2) is 29.2 Å². The molecule has 0 spiro atoms. The second kappa shape index (κ2) is 4.59. The minimum atomic E-state index is 0.512. The maximum atomic E-state index is 5.82. The standard InChI is InChI=1S/C10H10ClN3S/c1-14(5-8-6-15-7-13-8)9-2-3-12-10(11)4-9/h2-4,6-7H,5H2,1H3. The van der Waals surface area contributed by atoms with Crippen molar-refractivity contribution in [3.8, 4) is 0 Å². The molecule has 0 fully saturated rings. The molecule has 2 aromatic heterocycles. The zero-order valence-corrected chi connectivity index (χ0v) is 9.79. The van der Waals surface area contributed by atoms with E-state index >= 15 is 0 Å². The van der Waals surface area contributed by atoms with Gasteiger partial charge in [-0.05, 0) is 12.1 Å². The van der Waals surface area contributed by atoms with Crippen molar-refractivity contribution in [3.05, 3.63) is 40.1 Å². The van der Waals surface area contributed by atoms with Crippen LogP contribution >= 0.6 is 22.9 Å². The second-order valence-corrected chi connectivity index (χ2v) is 4.28. The van der Waals surface area contributed by atoms with Crippen LogP contribution in [0.3, 0.4) is 0 Å². The first-order valence-corrected chi connectivity index (χ1v) is 5.77. The van der Waals surface area contributed by atoms with Gasteiger partial charge in [0.05, 0.1) is 17.7 Å². The van der Waals surface area contributed by atoms with E-state index in [1.54, 1.807) is 17.5 Å². The van der Waals surface area contributed by atoms with Gasteiger partial charge >= 0.3 is 0 Å². The number of anilines is 1. The second-order valence-electron chi connectivity index (χ2n) is 3.17. The number of hydrogen-bond acceptors (Lipinski definition) is 4. The fourth-order valence-electron chi connectivity index (χ4n) is 1.28. The Morgan fingerprint density at radius 2 is 2.33 bits per heavy atom. The third-order valence-corrected chi connectivity index (χ3v) is 2.88. The molecule has 0 aliphatic rings. The molecule has 0 bridgehead atoms. The van der Waals surface area contributed by atoms with Gasteiger partial charge in [-0.25, -0.2) is 9.97 Å². The van der Waals surface area contributed by atoms with Crippen molar-refractivity contribution in [2.75, 3.05) is 11.9 Å². The van der Waals surface area contributed by atoms with E-state index < -0.39 is 0 Å². The molecule has 0 saturated carbocycles. The molecule has 0 atom stereocenters. The van der Waals surface area contributed by atoms with Crippen LogP contribution in [0.1, 0.15) is 5.69 Å². The first-order valence-electron chi connectivity index (χ1n) is 4.45. The van der Waals surface area contributed by atoms with Crippen LogP contribution in [0.5, 0.6) is 0 Å². The Bertz CT molecular complexity index is 430. The maximum absolute atomic E-state index is 5.82. The van der Waals surface area contributed by atoms with Gasteiger partial charge in [-0.15, -0.1) is 11.3 Å². The molecule has 0 radical (unpaired) electrons. The lowest BCUT2D eigenvalue weighted by Crippen LogP contribution is -2.16. The molecule has 0 saturated heterocycles. The molecule has 78 valence electrons. The molecule has 15 heavy (non-hydrogen) atoms. The third-order valence-electron chi connectivity index (χ3n) is 2.03. The number of pyridine rings is 1. The number of aromatic nitrogens is 2. The van der Waals surface area contributed by atoms with Gasteiger partial charge in [0.2, 0.25) is 0 Å². The highest BCUT2D eigenvalue weighted by Gasteiger charge is 2.03. The number of nitrogens with zero attached hydrogens (tertiary/aromatic N) is 3. The minimum absolute atomic E-state index is 0.512. The van der Waals surface area contributed by atoms with Crippen molar-refractivity contribution >= 4 is 28.6 Å². The van der Waals surface area contributed by atoms with Crippen molar-refractivity contribution in [2.24, 2.45) is 0 Å². The predicted octanol–water partition coefficient (Wildman–Crippen LogP) is 2.83. The molecule has 0 N–H and O–H groups in total. The van der Waals surface area contributed by atoms with Gasteiger partial charge in [-0.3, -0.25) is 0 Å². The van der Waals surface area contributed by atoms with E-state index in [2.05, 4.69) is 14.9 Å². The van der Waals surface area contributed by atoms with E-state index in [0.717, 1.165) is 17.9 Å². The first kappa shape index (κ1) is 10.4. The molecular formula is C10H10ClN3S. The van der Waals surface area contributed by atoms with Crippen LogP contribution in [-0.2, 0) is 6.54 Å². The summed E-state index contributed by atoms with van der Waals surface area (Å²) in [6, 6.07) is 3.77. The van der Waals surface area contributed by atoms with Gasteiger partial charge in [0.25, 0.3) is 0 Å². The summed E-state index contributed by atoms with van der Waals surface area (Å²) in [4.78, 5) is 10.3. The summed E-state index contributed by atoms with van der Waals surface area (Å²) >= 11 is 7.42. The summed E-state index contributed by atoms with van der Waals surface area (Å²) < 4.78 is 0. The highest BCUT2D eigenvalue weighted by Crippen LogP contribution is 2.17. The van der Waals surface area contributed by atoms with Gasteiger partial charge in [-0.1, -0.05) is 11.6 Å². The molecule has 3 nitrogen and oxygen atoms in total. The first-order chi connectivity index (χ1) is 7.25.